The maximum absolute atomic E-state index is 14.0. The van der Waals surface area contributed by atoms with Crippen LogP contribution >= 0.6 is 0 Å². The summed E-state index contributed by atoms with van der Waals surface area (Å²) in [4.78, 5) is 24.8. The summed E-state index contributed by atoms with van der Waals surface area (Å²) in [5, 5.41) is 9.46. The molecule has 0 radical (unpaired) electrons. The van der Waals surface area contributed by atoms with Gasteiger partial charge in [0.25, 0.3) is 0 Å². The Morgan fingerprint density at radius 1 is 1.13 bits per heavy atom. The molecule has 2 saturated heterocycles. The molecule has 2 aromatic heterocycles. The first-order valence-corrected chi connectivity index (χ1v) is 12.8. The molecule has 8 nitrogen and oxygen atoms in total. The Morgan fingerprint density at radius 2 is 1.84 bits per heavy atom. The van der Waals surface area contributed by atoms with Crippen LogP contribution < -0.4 is 4.74 Å². The zero-order chi connectivity index (χ0) is 26.9. The molecule has 4 heterocycles. The lowest BCUT2D eigenvalue weighted by Gasteiger charge is -2.34. The number of carbonyl (C=O) groups excluding carboxylic acids is 1. The Kier molecular flexibility index (Phi) is 7.15. The van der Waals surface area contributed by atoms with Crippen LogP contribution in [0.5, 0.6) is 5.75 Å². The fourth-order valence-electron chi connectivity index (χ4n) is 5.25. The fourth-order valence-corrected chi connectivity index (χ4v) is 5.25. The molecule has 5 rings (SSSR count). The van der Waals surface area contributed by atoms with E-state index in [1.54, 1.807) is 17.7 Å². The van der Waals surface area contributed by atoms with Crippen molar-refractivity contribution >= 4 is 17.1 Å². The minimum atomic E-state index is -4.62. The van der Waals surface area contributed by atoms with Crippen LogP contribution in [0.2, 0.25) is 0 Å². The lowest BCUT2D eigenvalue weighted by atomic mass is 9.94. The number of halogens is 3. The van der Waals surface area contributed by atoms with Crippen molar-refractivity contribution in [3.05, 3.63) is 41.9 Å². The maximum Gasteiger partial charge on any atom is 0.419 e. The van der Waals surface area contributed by atoms with Crippen molar-refractivity contribution in [1.82, 2.24) is 24.3 Å². The first-order valence-electron chi connectivity index (χ1n) is 12.8. The number of carbonyl (C=O) groups is 1. The van der Waals surface area contributed by atoms with E-state index in [0.29, 0.717) is 36.5 Å². The number of alkyl halides is 3. The van der Waals surface area contributed by atoms with Gasteiger partial charge in [-0.3, -0.25) is 0 Å². The van der Waals surface area contributed by atoms with Crippen molar-refractivity contribution in [2.24, 2.45) is 13.0 Å². The van der Waals surface area contributed by atoms with Crippen molar-refractivity contribution in [3.8, 4) is 23.1 Å². The molecule has 2 aliphatic heterocycles. The number of hydrogen-bond acceptors (Lipinski definition) is 5. The van der Waals surface area contributed by atoms with Crippen molar-refractivity contribution in [2.75, 3.05) is 32.8 Å². The maximum atomic E-state index is 14.0. The molecule has 0 atom stereocenters. The van der Waals surface area contributed by atoms with Crippen LogP contribution in [0, 0.1) is 17.2 Å². The zero-order valence-electron chi connectivity index (χ0n) is 21.2. The number of piperidine rings is 1. The predicted molar refractivity (Wildman–Crippen MR) is 134 cm³/mol. The number of imidazole rings is 1. The van der Waals surface area contributed by atoms with Gasteiger partial charge in [-0.25, -0.2) is 14.8 Å². The average molecular weight is 527 g/mol. The van der Waals surface area contributed by atoms with Gasteiger partial charge in [0.05, 0.1) is 29.7 Å². The number of pyridine rings is 1. The Bertz CT molecular complexity index is 1370. The first kappa shape index (κ1) is 25.8. The second-order valence-corrected chi connectivity index (χ2v) is 9.94. The van der Waals surface area contributed by atoms with Gasteiger partial charge in [-0.15, -0.1) is 0 Å². The van der Waals surface area contributed by atoms with Crippen LogP contribution in [-0.2, 0) is 13.2 Å². The van der Waals surface area contributed by atoms with Crippen LogP contribution in [0.3, 0.4) is 0 Å². The van der Waals surface area contributed by atoms with E-state index in [1.807, 2.05) is 15.9 Å². The number of fused-ring (bicyclic) bond motifs is 1. The number of urea groups is 1. The third kappa shape index (κ3) is 5.26. The average Bonchev–Trinajstić information content (AvgIpc) is 3.58. The molecule has 38 heavy (non-hydrogen) atoms. The summed E-state index contributed by atoms with van der Waals surface area (Å²) in [6.45, 7) is 3.13. The van der Waals surface area contributed by atoms with Gasteiger partial charge in [-0.1, -0.05) is 0 Å². The SMILES string of the molecule is Cn1cnc2c(C#N)nc(-c3ccc(OCCC4CCN(C(=O)N5CCCC5)CC4)c(C(F)(F)F)c3)cc21. The molecular weight excluding hydrogens is 497 g/mol. The minimum Gasteiger partial charge on any atom is -0.493 e. The number of nitrogens with zero attached hydrogens (tertiary/aromatic N) is 6. The number of hydrogen-bond donors (Lipinski definition) is 0. The zero-order valence-corrected chi connectivity index (χ0v) is 21.2. The van der Waals surface area contributed by atoms with Gasteiger partial charge in [-0.2, -0.15) is 18.4 Å². The lowest BCUT2D eigenvalue weighted by Crippen LogP contribution is -2.45. The van der Waals surface area contributed by atoms with Crippen LogP contribution in [-0.4, -0.2) is 63.2 Å². The van der Waals surface area contributed by atoms with E-state index in [2.05, 4.69) is 9.97 Å². The largest absolute Gasteiger partial charge is 0.493 e. The van der Waals surface area contributed by atoms with Gasteiger partial charge < -0.3 is 19.1 Å². The first-order chi connectivity index (χ1) is 18.2. The second kappa shape index (κ2) is 10.5. The highest BCUT2D eigenvalue weighted by atomic mass is 19.4. The third-order valence-corrected chi connectivity index (χ3v) is 7.44. The molecule has 11 heteroatoms. The molecule has 1 aromatic carbocycles. The Hall–Kier alpha value is -3.81. The topological polar surface area (TPSA) is 87.3 Å². The van der Waals surface area contributed by atoms with Gasteiger partial charge in [0.15, 0.2) is 5.69 Å². The molecule has 3 aromatic rings. The number of benzene rings is 1. The Balaban J connectivity index is 1.25. The molecular formula is C27H29F3N6O2. The molecule has 0 saturated carbocycles. The van der Waals surface area contributed by atoms with Crippen molar-refractivity contribution < 1.29 is 22.7 Å². The lowest BCUT2D eigenvalue weighted by molar-refractivity contribution is -0.138. The number of aromatic nitrogens is 3. The summed E-state index contributed by atoms with van der Waals surface area (Å²) in [5.74, 6) is 0.0653. The number of likely N-dealkylation sites (tertiary alicyclic amines) is 2. The van der Waals surface area contributed by atoms with E-state index in [9.17, 15) is 23.2 Å². The smallest absolute Gasteiger partial charge is 0.419 e. The third-order valence-electron chi connectivity index (χ3n) is 7.44. The summed E-state index contributed by atoms with van der Waals surface area (Å²) in [6.07, 6.45) is 1.27. The van der Waals surface area contributed by atoms with E-state index < -0.39 is 11.7 Å². The summed E-state index contributed by atoms with van der Waals surface area (Å²) >= 11 is 0. The van der Waals surface area contributed by atoms with Gasteiger partial charge in [0.2, 0.25) is 0 Å². The van der Waals surface area contributed by atoms with Gasteiger partial charge >= 0.3 is 12.2 Å². The van der Waals surface area contributed by atoms with E-state index in [4.69, 9.17) is 4.74 Å². The number of rotatable bonds is 5. The van der Waals surface area contributed by atoms with Crippen molar-refractivity contribution in [2.45, 2.75) is 38.3 Å². The van der Waals surface area contributed by atoms with E-state index in [0.717, 1.165) is 44.8 Å². The molecule has 0 unspecified atom stereocenters. The molecule has 0 bridgehead atoms. The summed E-state index contributed by atoms with van der Waals surface area (Å²) in [5.41, 5.74) is 0.672. The monoisotopic (exact) mass is 526 g/mol. The fraction of sp³-hybridized carbons (Fsp3) is 0.481. The molecule has 0 N–H and O–H groups in total. The van der Waals surface area contributed by atoms with Crippen LogP contribution in [0.1, 0.15) is 43.4 Å². The highest BCUT2D eigenvalue weighted by Gasteiger charge is 2.35. The second-order valence-electron chi connectivity index (χ2n) is 9.94. The Morgan fingerprint density at radius 3 is 2.53 bits per heavy atom. The van der Waals surface area contributed by atoms with Crippen LogP contribution in [0.15, 0.2) is 30.6 Å². The van der Waals surface area contributed by atoms with Gasteiger partial charge in [0, 0.05) is 38.8 Å². The normalized spacial score (nSPS) is 16.7. The summed E-state index contributed by atoms with van der Waals surface area (Å²) in [7, 11) is 1.74. The molecule has 0 spiro atoms. The molecule has 0 aliphatic carbocycles. The highest BCUT2D eigenvalue weighted by Crippen LogP contribution is 2.39. The standard InChI is InChI=1S/C27H29F3N6O2/c1-34-17-32-25-22(16-31)33-21(15-23(25)34)19-4-5-24(20(14-19)27(28,29)30)38-13-8-18-6-11-36(12-7-18)26(37)35-9-2-3-10-35/h4-5,14-15,17-18H,2-3,6-13H2,1H3. The number of aryl methyl sites for hydroxylation is 1. The van der Waals surface area contributed by atoms with Crippen LogP contribution in [0.4, 0.5) is 18.0 Å². The molecule has 200 valence electrons. The number of ether oxygens (including phenoxy) is 1. The highest BCUT2D eigenvalue weighted by molar-refractivity contribution is 5.84. The van der Waals surface area contributed by atoms with Gasteiger partial charge in [0.1, 0.15) is 17.3 Å². The molecule has 2 fully saturated rings. The van der Waals surface area contributed by atoms with Gasteiger partial charge in [-0.05, 0) is 62.3 Å². The summed E-state index contributed by atoms with van der Waals surface area (Å²) in [6, 6.07) is 7.56. The Labute approximate surface area is 218 Å². The minimum absolute atomic E-state index is 0.0557. The van der Waals surface area contributed by atoms with E-state index in [-0.39, 0.29) is 35.3 Å². The van der Waals surface area contributed by atoms with E-state index >= 15 is 0 Å². The van der Waals surface area contributed by atoms with Crippen LogP contribution in [0.25, 0.3) is 22.3 Å². The summed E-state index contributed by atoms with van der Waals surface area (Å²) < 4.78 is 49.3. The quantitative estimate of drug-likeness (QED) is 0.455. The van der Waals surface area contributed by atoms with Crippen molar-refractivity contribution in [3.63, 3.8) is 0 Å². The number of nitriles is 1. The molecule has 2 amide bonds. The van der Waals surface area contributed by atoms with E-state index in [1.165, 1.54) is 18.5 Å². The number of amides is 2. The van der Waals surface area contributed by atoms with Crippen molar-refractivity contribution in [1.29, 1.82) is 5.26 Å². The molecule has 2 aliphatic rings. The predicted octanol–water partition coefficient (Wildman–Crippen LogP) is 5.22.